The molecule has 5 rings (SSSR count). The first-order valence-electron chi connectivity index (χ1n) is 9.67. The summed E-state index contributed by atoms with van der Waals surface area (Å²) in [5.74, 6) is 0.868. The number of nitrogens with one attached hydrogen (secondary N) is 3. The van der Waals surface area contributed by atoms with Gasteiger partial charge in [0.25, 0.3) is 0 Å². The van der Waals surface area contributed by atoms with E-state index in [0.29, 0.717) is 50.3 Å². The van der Waals surface area contributed by atoms with Gasteiger partial charge in [-0.2, -0.15) is 15.1 Å². The van der Waals surface area contributed by atoms with Crippen LogP contribution in [0.1, 0.15) is 0 Å². The summed E-state index contributed by atoms with van der Waals surface area (Å²) in [7, 11) is -0.971. The average molecular weight is 468 g/mol. The lowest BCUT2D eigenvalue weighted by Crippen LogP contribution is -2.14. The van der Waals surface area contributed by atoms with Crippen LogP contribution in [0.25, 0.3) is 22.1 Å². The fraction of sp³-hybridized carbons (Fsp3) is 0.150. The molecule has 0 bridgehead atoms. The molecule has 0 amide bonds. The predicted octanol–water partition coefficient (Wildman–Crippen LogP) is 4.02. The number of benzene rings is 1. The van der Waals surface area contributed by atoms with Crippen LogP contribution in [0.2, 0.25) is 5.15 Å². The van der Waals surface area contributed by atoms with Crippen LogP contribution in [0.4, 0.5) is 23.1 Å². The van der Waals surface area contributed by atoms with Crippen LogP contribution in [0.3, 0.4) is 0 Å². The predicted molar refractivity (Wildman–Crippen MR) is 127 cm³/mol. The van der Waals surface area contributed by atoms with E-state index in [1.165, 1.54) is 0 Å². The third-order valence-corrected chi connectivity index (χ3v) is 6.91. The first kappa shape index (κ1) is 20.4. The van der Waals surface area contributed by atoms with Gasteiger partial charge in [-0.25, -0.2) is 0 Å². The first-order chi connectivity index (χ1) is 15.3. The van der Waals surface area contributed by atoms with Crippen molar-refractivity contribution >= 4 is 69.3 Å². The van der Waals surface area contributed by atoms with Gasteiger partial charge in [-0.05, 0) is 31.5 Å². The van der Waals surface area contributed by atoms with Crippen molar-refractivity contribution in [2.24, 2.45) is 7.05 Å². The Bertz CT molecular complexity index is 1520. The van der Waals surface area contributed by atoms with E-state index in [4.69, 9.17) is 11.6 Å². The van der Waals surface area contributed by atoms with Crippen molar-refractivity contribution in [3.8, 4) is 0 Å². The Morgan fingerprint density at radius 2 is 1.88 bits per heavy atom. The van der Waals surface area contributed by atoms with Crippen molar-refractivity contribution in [1.82, 2.24) is 34.7 Å². The second-order valence-electron chi connectivity index (χ2n) is 7.60. The zero-order chi connectivity index (χ0) is 22.5. The van der Waals surface area contributed by atoms with Gasteiger partial charge in [0.1, 0.15) is 29.3 Å². The molecule has 0 aliphatic carbocycles. The van der Waals surface area contributed by atoms with Crippen molar-refractivity contribution < 1.29 is 4.57 Å². The molecule has 4 aromatic heterocycles. The Kier molecular flexibility index (Phi) is 4.83. The van der Waals surface area contributed by atoms with Crippen LogP contribution >= 0.6 is 18.7 Å². The van der Waals surface area contributed by atoms with Crippen LogP contribution < -0.4 is 15.9 Å². The molecule has 3 N–H and O–H groups in total. The standard InChI is InChI=1S/C20H19ClN9OP/c1-30-17(21)14(10-25-30)27-20-28-18-11(6-7-24-18)19(29-20)26-13-5-4-12-15(23-9-8-22-12)16(13)32(2,3)31/h4-10H,1-3H3,(H3,24,26,27,28,29). The molecule has 0 fully saturated rings. The van der Waals surface area contributed by atoms with Gasteiger partial charge < -0.3 is 20.2 Å². The lowest BCUT2D eigenvalue weighted by molar-refractivity contribution is 0.588. The summed E-state index contributed by atoms with van der Waals surface area (Å²) in [5, 5.41) is 12.4. The minimum Gasteiger partial charge on any atom is -0.346 e. The van der Waals surface area contributed by atoms with Gasteiger partial charge in [-0.3, -0.25) is 14.6 Å². The molecule has 162 valence electrons. The Balaban J connectivity index is 1.63. The highest BCUT2D eigenvalue weighted by Gasteiger charge is 2.22. The monoisotopic (exact) mass is 467 g/mol. The Labute approximate surface area is 187 Å². The third-order valence-electron chi connectivity index (χ3n) is 4.93. The lowest BCUT2D eigenvalue weighted by atomic mass is 10.2. The topological polar surface area (TPSA) is 126 Å². The second kappa shape index (κ2) is 7.58. The lowest BCUT2D eigenvalue weighted by Gasteiger charge is -2.17. The SMILES string of the molecule is Cn1ncc(Nc2nc(Nc3ccc4nccnc4c3P(C)(C)=O)c3cc[nH]c3n2)c1Cl. The van der Waals surface area contributed by atoms with Crippen LogP contribution in [0.5, 0.6) is 0 Å². The molecule has 5 aromatic rings. The zero-order valence-electron chi connectivity index (χ0n) is 17.5. The molecule has 0 spiro atoms. The summed E-state index contributed by atoms with van der Waals surface area (Å²) in [5.41, 5.74) is 3.14. The van der Waals surface area contributed by atoms with Gasteiger partial charge in [0.2, 0.25) is 5.95 Å². The quantitative estimate of drug-likeness (QED) is 0.331. The summed E-state index contributed by atoms with van der Waals surface area (Å²) in [6, 6.07) is 5.56. The molecule has 0 radical (unpaired) electrons. The minimum atomic E-state index is -2.71. The van der Waals surface area contributed by atoms with Gasteiger partial charge in [0.05, 0.1) is 33.8 Å². The second-order valence-corrected chi connectivity index (χ2v) is 11.1. The molecule has 0 saturated carbocycles. The number of halogens is 1. The van der Waals surface area contributed by atoms with Crippen molar-refractivity contribution in [3.63, 3.8) is 0 Å². The van der Waals surface area contributed by atoms with Crippen LogP contribution in [0, 0.1) is 0 Å². The zero-order valence-corrected chi connectivity index (χ0v) is 19.1. The number of aromatic nitrogens is 7. The Morgan fingerprint density at radius 1 is 1.06 bits per heavy atom. The largest absolute Gasteiger partial charge is 0.346 e. The van der Waals surface area contributed by atoms with Gasteiger partial charge in [0, 0.05) is 25.6 Å². The molecule has 12 heteroatoms. The van der Waals surface area contributed by atoms with E-state index in [9.17, 15) is 4.57 Å². The van der Waals surface area contributed by atoms with Gasteiger partial charge >= 0.3 is 0 Å². The summed E-state index contributed by atoms with van der Waals surface area (Å²) < 4.78 is 14.8. The minimum absolute atomic E-state index is 0.329. The van der Waals surface area contributed by atoms with E-state index in [0.717, 1.165) is 5.39 Å². The summed E-state index contributed by atoms with van der Waals surface area (Å²) in [4.78, 5) is 21.0. The molecule has 0 saturated heterocycles. The highest BCUT2D eigenvalue weighted by Crippen LogP contribution is 2.41. The fourth-order valence-electron chi connectivity index (χ4n) is 3.51. The van der Waals surface area contributed by atoms with E-state index >= 15 is 0 Å². The molecule has 0 unspecified atom stereocenters. The van der Waals surface area contributed by atoms with Crippen molar-refractivity contribution in [2.75, 3.05) is 24.0 Å². The molecule has 0 aliphatic heterocycles. The molecular weight excluding hydrogens is 449 g/mol. The maximum atomic E-state index is 13.2. The molecular formula is C20H19ClN9OP. The number of H-pyrrole nitrogens is 1. The number of nitrogens with zero attached hydrogens (tertiary/aromatic N) is 6. The Morgan fingerprint density at radius 3 is 2.62 bits per heavy atom. The number of rotatable bonds is 5. The van der Waals surface area contributed by atoms with Crippen molar-refractivity contribution in [2.45, 2.75) is 0 Å². The normalized spacial score (nSPS) is 11.9. The van der Waals surface area contributed by atoms with Crippen molar-refractivity contribution in [3.05, 3.63) is 48.1 Å². The average Bonchev–Trinajstić information content (AvgIpc) is 3.35. The number of hydrogen-bond donors (Lipinski definition) is 3. The van der Waals surface area contributed by atoms with Crippen LogP contribution in [-0.2, 0) is 11.6 Å². The summed E-state index contributed by atoms with van der Waals surface area (Å²) >= 11 is 6.27. The van der Waals surface area contributed by atoms with Crippen LogP contribution in [0.15, 0.2) is 43.0 Å². The summed E-state index contributed by atoms with van der Waals surface area (Å²) in [6.45, 7) is 3.43. The number of hydrogen-bond acceptors (Lipinski definition) is 8. The molecule has 10 nitrogen and oxygen atoms in total. The molecule has 1 aromatic carbocycles. The van der Waals surface area contributed by atoms with Crippen LogP contribution in [-0.4, -0.2) is 48.0 Å². The highest BCUT2D eigenvalue weighted by atomic mass is 35.5. The maximum Gasteiger partial charge on any atom is 0.231 e. The van der Waals surface area contributed by atoms with E-state index < -0.39 is 7.14 Å². The van der Waals surface area contributed by atoms with E-state index in [-0.39, 0.29) is 0 Å². The number of aromatic amines is 1. The fourth-order valence-corrected chi connectivity index (χ4v) is 5.05. The number of anilines is 4. The number of aryl methyl sites for hydroxylation is 1. The number of fused-ring (bicyclic) bond motifs is 2. The Hall–Kier alpha value is -3.49. The summed E-state index contributed by atoms with van der Waals surface area (Å²) in [6.07, 6.45) is 6.59. The molecule has 0 atom stereocenters. The van der Waals surface area contributed by atoms with E-state index in [1.807, 2.05) is 18.2 Å². The van der Waals surface area contributed by atoms with Gasteiger partial charge in [0.15, 0.2) is 0 Å². The first-order valence-corrected chi connectivity index (χ1v) is 12.6. The van der Waals surface area contributed by atoms with Crippen molar-refractivity contribution in [1.29, 1.82) is 0 Å². The van der Waals surface area contributed by atoms with Gasteiger partial charge in [-0.1, -0.05) is 11.6 Å². The third kappa shape index (κ3) is 3.57. The van der Waals surface area contributed by atoms with E-state index in [2.05, 4.69) is 40.7 Å². The molecule has 32 heavy (non-hydrogen) atoms. The molecule has 4 heterocycles. The molecule has 0 aliphatic rings. The van der Waals surface area contributed by atoms with E-state index in [1.54, 1.807) is 49.8 Å². The maximum absolute atomic E-state index is 13.2. The van der Waals surface area contributed by atoms with Gasteiger partial charge in [-0.15, -0.1) is 0 Å². The highest BCUT2D eigenvalue weighted by molar-refractivity contribution is 7.71. The smallest absolute Gasteiger partial charge is 0.231 e.